The molecule has 1 amide bonds. The lowest BCUT2D eigenvalue weighted by molar-refractivity contribution is 0.0733. The summed E-state index contributed by atoms with van der Waals surface area (Å²) in [5, 5.41) is 0.967. The standard InChI is InChI=1S/C17H13ClN4O2/c18-13-7-11(8-20-16(13)23)17(24)22-5-3-14-12(9-22)6-10-2-1-4-19-15(10)21-14/h1-2,4,6-8H,3,5,9H2,(H,20,23). The van der Waals surface area contributed by atoms with Gasteiger partial charge in [-0.3, -0.25) is 9.59 Å². The van der Waals surface area contributed by atoms with Crippen LogP contribution in [-0.2, 0) is 13.0 Å². The van der Waals surface area contributed by atoms with Gasteiger partial charge in [0.1, 0.15) is 5.02 Å². The number of nitrogens with zero attached hydrogens (tertiary/aromatic N) is 3. The molecule has 0 bridgehead atoms. The minimum atomic E-state index is -0.402. The molecule has 7 heteroatoms. The molecule has 3 aromatic rings. The summed E-state index contributed by atoms with van der Waals surface area (Å²) in [5.41, 5.74) is 2.69. The molecule has 0 atom stereocenters. The average molecular weight is 341 g/mol. The van der Waals surface area contributed by atoms with E-state index in [4.69, 9.17) is 11.6 Å². The number of carbonyl (C=O) groups excluding carboxylic acids is 1. The largest absolute Gasteiger partial charge is 0.334 e. The number of aromatic amines is 1. The van der Waals surface area contributed by atoms with E-state index in [-0.39, 0.29) is 10.9 Å². The molecule has 3 aromatic heterocycles. The SMILES string of the molecule is O=C(c1c[nH]c(=O)c(Cl)c1)N1CCc2nc3ncccc3cc2C1. The molecule has 0 aliphatic carbocycles. The van der Waals surface area contributed by atoms with Crippen molar-refractivity contribution in [2.75, 3.05) is 6.54 Å². The van der Waals surface area contributed by atoms with Gasteiger partial charge >= 0.3 is 0 Å². The van der Waals surface area contributed by atoms with E-state index in [0.29, 0.717) is 25.1 Å². The number of pyridine rings is 3. The second-order valence-electron chi connectivity index (χ2n) is 5.69. The summed E-state index contributed by atoms with van der Waals surface area (Å²) in [4.78, 5) is 37.0. The number of amides is 1. The van der Waals surface area contributed by atoms with Crippen molar-refractivity contribution in [1.82, 2.24) is 19.9 Å². The Morgan fingerprint density at radius 2 is 2.21 bits per heavy atom. The molecule has 0 saturated carbocycles. The number of fused-ring (bicyclic) bond motifs is 2. The predicted molar refractivity (Wildman–Crippen MR) is 90.1 cm³/mol. The van der Waals surface area contributed by atoms with E-state index in [1.807, 2.05) is 18.2 Å². The van der Waals surface area contributed by atoms with Gasteiger partial charge in [0, 0.05) is 43.0 Å². The zero-order valence-corrected chi connectivity index (χ0v) is 13.4. The van der Waals surface area contributed by atoms with Gasteiger partial charge in [0.05, 0.1) is 5.56 Å². The fourth-order valence-electron chi connectivity index (χ4n) is 2.90. The smallest absolute Gasteiger partial charge is 0.266 e. The molecule has 0 unspecified atom stereocenters. The maximum Gasteiger partial charge on any atom is 0.266 e. The van der Waals surface area contributed by atoms with Gasteiger partial charge in [0.25, 0.3) is 11.5 Å². The van der Waals surface area contributed by atoms with Crippen LogP contribution in [0.2, 0.25) is 5.02 Å². The van der Waals surface area contributed by atoms with Gasteiger partial charge in [-0.1, -0.05) is 11.6 Å². The summed E-state index contributed by atoms with van der Waals surface area (Å²) >= 11 is 5.81. The number of aromatic nitrogens is 3. The van der Waals surface area contributed by atoms with E-state index in [0.717, 1.165) is 22.3 Å². The number of nitrogens with one attached hydrogen (secondary N) is 1. The molecule has 0 radical (unpaired) electrons. The topological polar surface area (TPSA) is 79.0 Å². The molecule has 1 aliphatic heterocycles. The minimum Gasteiger partial charge on any atom is -0.334 e. The van der Waals surface area contributed by atoms with Gasteiger partial charge in [-0.15, -0.1) is 0 Å². The van der Waals surface area contributed by atoms with Crippen LogP contribution in [0.4, 0.5) is 0 Å². The van der Waals surface area contributed by atoms with Gasteiger partial charge in [-0.2, -0.15) is 0 Å². The average Bonchev–Trinajstić information content (AvgIpc) is 2.61. The fourth-order valence-corrected chi connectivity index (χ4v) is 3.07. The highest BCUT2D eigenvalue weighted by Crippen LogP contribution is 2.22. The quantitative estimate of drug-likeness (QED) is 0.736. The monoisotopic (exact) mass is 340 g/mol. The number of halogens is 1. The molecule has 120 valence electrons. The van der Waals surface area contributed by atoms with E-state index < -0.39 is 5.56 Å². The van der Waals surface area contributed by atoms with Crippen molar-refractivity contribution >= 4 is 28.5 Å². The van der Waals surface area contributed by atoms with Crippen LogP contribution in [0.3, 0.4) is 0 Å². The lowest BCUT2D eigenvalue weighted by Gasteiger charge is -2.28. The number of hydrogen-bond acceptors (Lipinski definition) is 4. The summed E-state index contributed by atoms with van der Waals surface area (Å²) in [6.45, 7) is 1.04. The van der Waals surface area contributed by atoms with Crippen molar-refractivity contribution in [2.45, 2.75) is 13.0 Å². The van der Waals surface area contributed by atoms with Crippen molar-refractivity contribution in [3.05, 3.63) is 68.9 Å². The lowest BCUT2D eigenvalue weighted by atomic mass is 10.0. The maximum atomic E-state index is 12.6. The van der Waals surface area contributed by atoms with Gasteiger partial charge in [-0.25, -0.2) is 9.97 Å². The third-order valence-corrected chi connectivity index (χ3v) is 4.41. The second kappa shape index (κ2) is 5.72. The first-order valence-electron chi connectivity index (χ1n) is 7.53. The third kappa shape index (κ3) is 2.55. The van der Waals surface area contributed by atoms with Crippen LogP contribution in [0.1, 0.15) is 21.6 Å². The van der Waals surface area contributed by atoms with Crippen LogP contribution in [0.5, 0.6) is 0 Å². The summed E-state index contributed by atoms with van der Waals surface area (Å²) < 4.78 is 0. The van der Waals surface area contributed by atoms with Crippen molar-refractivity contribution in [3.8, 4) is 0 Å². The van der Waals surface area contributed by atoms with Crippen LogP contribution in [0.15, 0.2) is 41.5 Å². The number of hydrogen-bond donors (Lipinski definition) is 1. The molecular weight excluding hydrogens is 328 g/mol. The first-order valence-corrected chi connectivity index (χ1v) is 7.90. The van der Waals surface area contributed by atoms with Crippen molar-refractivity contribution < 1.29 is 4.79 Å². The zero-order valence-electron chi connectivity index (χ0n) is 12.6. The first kappa shape index (κ1) is 14.8. The number of rotatable bonds is 1. The highest BCUT2D eigenvalue weighted by atomic mass is 35.5. The Balaban J connectivity index is 1.65. The van der Waals surface area contributed by atoms with E-state index in [9.17, 15) is 9.59 Å². The molecule has 4 rings (SSSR count). The van der Waals surface area contributed by atoms with Crippen molar-refractivity contribution in [2.24, 2.45) is 0 Å². The lowest BCUT2D eigenvalue weighted by Crippen LogP contribution is -2.36. The second-order valence-corrected chi connectivity index (χ2v) is 6.09. The molecule has 1 aliphatic rings. The minimum absolute atomic E-state index is 0.0111. The molecule has 0 saturated heterocycles. The van der Waals surface area contributed by atoms with E-state index in [1.165, 1.54) is 12.3 Å². The maximum absolute atomic E-state index is 12.6. The van der Waals surface area contributed by atoms with Gasteiger partial charge in [0.15, 0.2) is 5.65 Å². The molecule has 6 nitrogen and oxygen atoms in total. The summed E-state index contributed by atoms with van der Waals surface area (Å²) in [6.07, 6.45) is 3.79. The predicted octanol–water partition coefficient (Wildman–Crippen LogP) is 2.17. The summed E-state index contributed by atoms with van der Waals surface area (Å²) in [5.74, 6) is -0.162. The molecule has 0 fully saturated rings. The van der Waals surface area contributed by atoms with Crippen LogP contribution in [0, 0.1) is 0 Å². The van der Waals surface area contributed by atoms with Gasteiger partial charge < -0.3 is 9.88 Å². The summed E-state index contributed by atoms with van der Waals surface area (Å²) in [6, 6.07) is 7.26. The van der Waals surface area contributed by atoms with E-state index in [2.05, 4.69) is 15.0 Å². The number of carbonyl (C=O) groups is 1. The molecule has 4 heterocycles. The molecule has 24 heavy (non-hydrogen) atoms. The van der Waals surface area contributed by atoms with Gasteiger partial charge in [0.2, 0.25) is 0 Å². The summed E-state index contributed by atoms with van der Waals surface area (Å²) in [7, 11) is 0. The highest BCUT2D eigenvalue weighted by molar-refractivity contribution is 6.30. The van der Waals surface area contributed by atoms with E-state index in [1.54, 1.807) is 11.1 Å². The van der Waals surface area contributed by atoms with Crippen molar-refractivity contribution in [1.29, 1.82) is 0 Å². The number of H-pyrrole nitrogens is 1. The molecular formula is C17H13ClN4O2. The molecule has 1 N–H and O–H groups in total. The highest BCUT2D eigenvalue weighted by Gasteiger charge is 2.23. The van der Waals surface area contributed by atoms with Crippen LogP contribution in [-0.4, -0.2) is 32.3 Å². The van der Waals surface area contributed by atoms with E-state index >= 15 is 0 Å². The Morgan fingerprint density at radius 1 is 1.33 bits per heavy atom. The van der Waals surface area contributed by atoms with Gasteiger partial charge in [-0.05, 0) is 29.8 Å². The Morgan fingerprint density at radius 3 is 3.04 bits per heavy atom. The first-order chi connectivity index (χ1) is 11.6. The molecule has 0 aromatic carbocycles. The Bertz CT molecular complexity index is 1010. The van der Waals surface area contributed by atoms with Crippen molar-refractivity contribution in [3.63, 3.8) is 0 Å². The Kier molecular flexibility index (Phi) is 3.54. The Labute approximate surface area is 142 Å². The molecule has 0 spiro atoms. The zero-order chi connectivity index (χ0) is 16.7. The third-order valence-electron chi connectivity index (χ3n) is 4.13. The normalized spacial score (nSPS) is 13.8. The van der Waals surface area contributed by atoms with Crippen LogP contribution in [0.25, 0.3) is 11.0 Å². The van der Waals surface area contributed by atoms with Crippen LogP contribution < -0.4 is 5.56 Å². The fraction of sp³-hybridized carbons (Fsp3) is 0.176. The van der Waals surface area contributed by atoms with Crippen LogP contribution >= 0.6 is 11.6 Å². The Hall–Kier alpha value is -2.73.